The Kier molecular flexibility index (Phi) is 7.94. The van der Waals surface area contributed by atoms with Gasteiger partial charge in [0.2, 0.25) is 12.3 Å². The number of phenolic OH excluding ortho intramolecular Hbond substituents is 1. The summed E-state index contributed by atoms with van der Waals surface area (Å²) in [7, 11) is 1.25. The molecule has 4 rings (SSSR count). The number of benzene rings is 2. The highest BCUT2D eigenvalue weighted by Gasteiger charge is 2.45. The molecule has 0 aliphatic carbocycles. The van der Waals surface area contributed by atoms with Crippen LogP contribution in [0.25, 0.3) is 22.1 Å². The Labute approximate surface area is 214 Å². The van der Waals surface area contributed by atoms with Crippen LogP contribution in [0.4, 0.5) is 0 Å². The number of ether oxygens (including phenoxy) is 3. The van der Waals surface area contributed by atoms with Crippen LogP contribution in [-0.2, 0) is 19.1 Å². The molecular formula is C25H25NO12. The number of likely N-dealkylation sites (N-methyl/N-ethyl adjacent to an activating group) is 1. The number of aliphatic carboxylic acids is 1. The Morgan fingerprint density at radius 1 is 1.05 bits per heavy atom. The average Bonchev–Trinajstić information content (AvgIpc) is 2.89. The van der Waals surface area contributed by atoms with Gasteiger partial charge in [-0.05, 0) is 36.9 Å². The molecule has 6 unspecified atom stereocenters. The second-order valence-electron chi connectivity index (χ2n) is 8.51. The van der Waals surface area contributed by atoms with E-state index in [0.29, 0.717) is 5.56 Å². The number of carboxylic acid groups (broad SMARTS) is 1. The van der Waals surface area contributed by atoms with Crippen LogP contribution >= 0.6 is 0 Å². The van der Waals surface area contributed by atoms with Crippen molar-refractivity contribution < 1.29 is 53.7 Å². The van der Waals surface area contributed by atoms with Crippen LogP contribution in [0.5, 0.6) is 11.5 Å². The summed E-state index contributed by atoms with van der Waals surface area (Å²) in [5.41, 5.74) is 0.633. The molecule has 13 heteroatoms. The van der Waals surface area contributed by atoms with Gasteiger partial charge < -0.3 is 44.2 Å². The molecule has 38 heavy (non-hydrogen) atoms. The molecule has 6 N–H and O–H groups in total. The lowest BCUT2D eigenvalue weighted by Gasteiger charge is -2.39. The third-order valence-corrected chi connectivity index (χ3v) is 6.01. The van der Waals surface area contributed by atoms with E-state index >= 15 is 0 Å². The van der Waals surface area contributed by atoms with Crippen molar-refractivity contribution in [2.75, 3.05) is 13.7 Å². The first-order valence-electron chi connectivity index (χ1n) is 11.4. The van der Waals surface area contributed by atoms with E-state index in [1.807, 2.05) is 0 Å². The minimum atomic E-state index is -1.75. The quantitative estimate of drug-likeness (QED) is 0.161. The minimum Gasteiger partial charge on any atom is -0.508 e. The zero-order valence-corrected chi connectivity index (χ0v) is 19.9. The third kappa shape index (κ3) is 5.46. The maximum Gasteiger partial charge on any atom is 0.334 e. The molecule has 0 amide bonds. The largest absolute Gasteiger partial charge is 0.508 e. The van der Waals surface area contributed by atoms with Crippen molar-refractivity contribution in [3.8, 4) is 22.6 Å². The lowest BCUT2D eigenvalue weighted by molar-refractivity contribution is -0.278. The molecule has 13 nitrogen and oxygen atoms in total. The summed E-state index contributed by atoms with van der Waals surface area (Å²) in [4.78, 5) is 36.0. The number of aliphatic hydroxyl groups is 3. The summed E-state index contributed by atoms with van der Waals surface area (Å²) in [6, 6.07) is 8.58. The number of nitrogens with one attached hydrogen (secondary N) is 1. The number of aliphatic hydroxyl groups excluding tert-OH is 3. The van der Waals surface area contributed by atoms with Gasteiger partial charge in [0.25, 0.3) is 0 Å². The highest BCUT2D eigenvalue weighted by molar-refractivity contribution is 5.98. The van der Waals surface area contributed by atoms with Crippen molar-refractivity contribution in [3.63, 3.8) is 0 Å². The number of fused-ring (bicyclic) bond motifs is 1. The van der Waals surface area contributed by atoms with Crippen molar-refractivity contribution in [1.82, 2.24) is 5.32 Å². The number of carbonyl (C=O) groups is 2. The fourth-order valence-corrected chi connectivity index (χ4v) is 3.90. The Bertz CT molecular complexity index is 1370. The number of carbonyl (C=O) groups excluding carboxylic acids is 1. The number of carboxylic acids is 1. The lowest BCUT2D eigenvalue weighted by atomic mass is 9.99. The summed E-state index contributed by atoms with van der Waals surface area (Å²) < 4.78 is 21.6. The van der Waals surface area contributed by atoms with Crippen molar-refractivity contribution in [2.45, 2.75) is 36.7 Å². The Hall–Kier alpha value is -4.01. The van der Waals surface area contributed by atoms with Gasteiger partial charge in [-0.3, -0.25) is 10.1 Å². The molecule has 1 aromatic heterocycles. The maximum absolute atomic E-state index is 13.0. The van der Waals surface area contributed by atoms with Crippen LogP contribution in [0.1, 0.15) is 0 Å². The van der Waals surface area contributed by atoms with Crippen molar-refractivity contribution in [3.05, 3.63) is 59.0 Å². The van der Waals surface area contributed by atoms with Gasteiger partial charge in [0.15, 0.2) is 5.43 Å². The predicted molar refractivity (Wildman–Crippen MR) is 128 cm³/mol. The monoisotopic (exact) mass is 531 g/mol. The van der Waals surface area contributed by atoms with Gasteiger partial charge in [-0.15, -0.1) is 0 Å². The molecule has 2 aromatic carbocycles. The molecule has 1 saturated heterocycles. The molecule has 0 spiro atoms. The fraction of sp³-hybridized carbons (Fsp3) is 0.320. The molecule has 1 fully saturated rings. The second kappa shape index (κ2) is 11.2. The summed E-state index contributed by atoms with van der Waals surface area (Å²) >= 11 is 0. The number of phenols is 1. The molecule has 2 heterocycles. The Morgan fingerprint density at radius 2 is 1.76 bits per heavy atom. The van der Waals surface area contributed by atoms with E-state index in [2.05, 4.69) is 5.32 Å². The first-order chi connectivity index (χ1) is 18.1. The van der Waals surface area contributed by atoms with Gasteiger partial charge in [0.1, 0.15) is 54.4 Å². The summed E-state index contributed by atoms with van der Waals surface area (Å²) in [6.07, 6.45) is -6.77. The van der Waals surface area contributed by atoms with Crippen LogP contribution < -0.4 is 15.5 Å². The van der Waals surface area contributed by atoms with Crippen molar-refractivity contribution in [2.24, 2.45) is 0 Å². The molecule has 202 valence electrons. The zero-order chi connectivity index (χ0) is 27.6. The van der Waals surface area contributed by atoms with Crippen LogP contribution in [0, 0.1) is 0 Å². The Morgan fingerprint density at radius 3 is 2.42 bits per heavy atom. The molecule has 1 aliphatic rings. The standard InChI is InChI=1S/C25H25NO12/c1-26-18(23(32)33)24(34)36-10-17-20(29)21(30)22(31)25(38-17)37-13-6-7-14-16(8-13)35-9-15(19(14)28)11-2-4-12(27)5-3-11/h2-9,17-18,20-22,25-27,29-31H,10H2,1H3,(H,32,33). The van der Waals surface area contributed by atoms with Gasteiger partial charge in [0, 0.05) is 6.07 Å². The third-order valence-electron chi connectivity index (χ3n) is 6.01. The molecule has 3 aromatic rings. The molecule has 6 atom stereocenters. The van der Waals surface area contributed by atoms with E-state index in [0.717, 1.165) is 0 Å². The first kappa shape index (κ1) is 27.0. The van der Waals surface area contributed by atoms with E-state index in [-0.39, 0.29) is 33.5 Å². The Balaban J connectivity index is 1.50. The van der Waals surface area contributed by atoms with Gasteiger partial charge in [-0.2, -0.15) is 0 Å². The van der Waals surface area contributed by atoms with E-state index in [4.69, 9.17) is 23.7 Å². The molecule has 0 radical (unpaired) electrons. The predicted octanol–water partition coefficient (Wildman–Crippen LogP) is -0.432. The summed E-state index contributed by atoms with van der Waals surface area (Å²) in [5, 5.41) is 51.8. The topological polar surface area (TPSA) is 205 Å². The smallest absolute Gasteiger partial charge is 0.334 e. The number of hydrogen-bond acceptors (Lipinski definition) is 12. The highest BCUT2D eigenvalue weighted by Crippen LogP contribution is 2.28. The lowest BCUT2D eigenvalue weighted by Crippen LogP contribution is -2.60. The minimum absolute atomic E-state index is 0.0494. The second-order valence-corrected chi connectivity index (χ2v) is 8.51. The normalized spacial score (nSPS) is 24.1. The van der Waals surface area contributed by atoms with E-state index in [9.17, 15) is 34.8 Å². The van der Waals surface area contributed by atoms with E-state index in [1.165, 1.54) is 43.6 Å². The number of aromatic hydroxyl groups is 1. The molecule has 0 bridgehead atoms. The van der Waals surface area contributed by atoms with Crippen molar-refractivity contribution in [1.29, 1.82) is 0 Å². The molecule has 1 aliphatic heterocycles. The van der Waals surface area contributed by atoms with E-state index < -0.39 is 55.3 Å². The van der Waals surface area contributed by atoms with Crippen LogP contribution in [0.15, 0.2) is 57.9 Å². The number of hydrogen-bond donors (Lipinski definition) is 6. The van der Waals surface area contributed by atoms with Crippen molar-refractivity contribution >= 4 is 22.9 Å². The molecular weight excluding hydrogens is 506 g/mol. The van der Waals surface area contributed by atoms with Crippen LogP contribution in [0.3, 0.4) is 0 Å². The summed E-state index contributed by atoms with van der Waals surface area (Å²) in [6.45, 7) is -0.637. The SMILES string of the molecule is CNC(C(=O)O)C(=O)OCC1OC(Oc2ccc3c(=O)c(-c4ccc(O)cc4)coc3c2)C(O)C(O)C1O. The van der Waals surface area contributed by atoms with Gasteiger partial charge >= 0.3 is 11.9 Å². The fourth-order valence-electron chi connectivity index (χ4n) is 3.90. The number of rotatable bonds is 8. The summed E-state index contributed by atoms with van der Waals surface area (Å²) in [5.74, 6) is -2.49. The van der Waals surface area contributed by atoms with Gasteiger partial charge in [-0.1, -0.05) is 12.1 Å². The maximum atomic E-state index is 13.0. The average molecular weight is 531 g/mol. The van der Waals surface area contributed by atoms with E-state index in [1.54, 1.807) is 12.1 Å². The van der Waals surface area contributed by atoms with Gasteiger partial charge in [0.05, 0.1) is 10.9 Å². The first-order valence-corrected chi connectivity index (χ1v) is 11.4. The van der Waals surface area contributed by atoms with Crippen LogP contribution in [0.2, 0.25) is 0 Å². The highest BCUT2D eigenvalue weighted by atomic mass is 16.7. The van der Waals surface area contributed by atoms with Gasteiger partial charge in [-0.25, -0.2) is 9.59 Å². The van der Waals surface area contributed by atoms with Crippen LogP contribution in [-0.4, -0.2) is 87.9 Å². The zero-order valence-electron chi connectivity index (χ0n) is 19.9. The number of esters is 1. The molecule has 0 saturated carbocycles.